The van der Waals surface area contributed by atoms with Gasteiger partial charge in [-0.25, -0.2) is 0 Å². The van der Waals surface area contributed by atoms with Crippen molar-refractivity contribution < 1.29 is 9.90 Å². The van der Waals surface area contributed by atoms with Crippen molar-refractivity contribution in [3.8, 4) is 0 Å². The van der Waals surface area contributed by atoms with Gasteiger partial charge in [0.05, 0.1) is 6.54 Å². The van der Waals surface area contributed by atoms with Crippen LogP contribution in [0.5, 0.6) is 0 Å². The summed E-state index contributed by atoms with van der Waals surface area (Å²) in [7, 11) is 0. The Labute approximate surface area is 89.9 Å². The SMILES string of the molecule is O=C(O)CN1CCC2(CC(CS)C2)C1. The van der Waals surface area contributed by atoms with Crippen molar-refractivity contribution in [2.24, 2.45) is 11.3 Å². The smallest absolute Gasteiger partial charge is 0.317 e. The van der Waals surface area contributed by atoms with Crippen LogP contribution in [0.3, 0.4) is 0 Å². The third kappa shape index (κ3) is 1.91. The monoisotopic (exact) mass is 215 g/mol. The zero-order valence-corrected chi connectivity index (χ0v) is 9.17. The lowest BCUT2D eigenvalue weighted by atomic mass is 9.62. The molecule has 1 aliphatic carbocycles. The summed E-state index contributed by atoms with van der Waals surface area (Å²) < 4.78 is 0. The molecule has 1 saturated carbocycles. The summed E-state index contributed by atoms with van der Waals surface area (Å²) in [5, 5.41) is 8.68. The van der Waals surface area contributed by atoms with Gasteiger partial charge in [0.15, 0.2) is 0 Å². The van der Waals surface area contributed by atoms with Crippen LogP contribution in [0.15, 0.2) is 0 Å². The first kappa shape index (κ1) is 10.3. The molecule has 0 amide bonds. The second-order valence-corrected chi connectivity index (χ2v) is 5.18. The Morgan fingerprint density at radius 1 is 1.57 bits per heavy atom. The Hall–Kier alpha value is -0.220. The van der Waals surface area contributed by atoms with E-state index < -0.39 is 5.97 Å². The molecule has 0 aromatic carbocycles. The highest BCUT2D eigenvalue weighted by Gasteiger charge is 2.47. The van der Waals surface area contributed by atoms with Crippen LogP contribution in [0.4, 0.5) is 0 Å². The molecule has 2 fully saturated rings. The van der Waals surface area contributed by atoms with E-state index in [1.165, 1.54) is 19.3 Å². The van der Waals surface area contributed by atoms with Crippen molar-refractivity contribution in [3.05, 3.63) is 0 Å². The van der Waals surface area contributed by atoms with Crippen molar-refractivity contribution in [2.75, 3.05) is 25.4 Å². The molecule has 1 heterocycles. The molecule has 0 radical (unpaired) electrons. The summed E-state index contributed by atoms with van der Waals surface area (Å²) in [6.45, 7) is 2.17. The number of nitrogens with zero attached hydrogens (tertiary/aromatic N) is 1. The summed E-state index contributed by atoms with van der Waals surface area (Å²) in [6.07, 6.45) is 3.70. The van der Waals surface area contributed by atoms with Gasteiger partial charge in [0.25, 0.3) is 0 Å². The molecule has 14 heavy (non-hydrogen) atoms. The minimum absolute atomic E-state index is 0.216. The number of aliphatic carboxylic acids is 1. The molecule has 0 unspecified atom stereocenters. The van der Waals surface area contributed by atoms with Crippen LogP contribution in [-0.2, 0) is 4.79 Å². The summed E-state index contributed by atoms with van der Waals surface area (Å²) in [6, 6.07) is 0. The van der Waals surface area contributed by atoms with Crippen LogP contribution in [0.1, 0.15) is 19.3 Å². The fraction of sp³-hybridized carbons (Fsp3) is 0.900. The molecule has 3 nitrogen and oxygen atoms in total. The van der Waals surface area contributed by atoms with Gasteiger partial charge >= 0.3 is 5.97 Å². The number of carboxylic acid groups (broad SMARTS) is 1. The quantitative estimate of drug-likeness (QED) is 0.693. The second-order valence-electron chi connectivity index (χ2n) is 4.81. The molecule has 0 aromatic rings. The third-order valence-corrected chi connectivity index (χ3v) is 4.09. The van der Waals surface area contributed by atoms with E-state index in [9.17, 15) is 4.79 Å². The third-order valence-electron chi connectivity index (χ3n) is 3.58. The van der Waals surface area contributed by atoms with Gasteiger partial charge in [-0.3, -0.25) is 9.69 Å². The zero-order chi connectivity index (χ0) is 10.2. The number of hydrogen-bond acceptors (Lipinski definition) is 3. The van der Waals surface area contributed by atoms with E-state index in [-0.39, 0.29) is 6.54 Å². The molecule has 0 bridgehead atoms. The molecule has 0 aromatic heterocycles. The zero-order valence-electron chi connectivity index (χ0n) is 8.28. The Morgan fingerprint density at radius 3 is 2.86 bits per heavy atom. The number of carboxylic acids is 1. The highest BCUT2D eigenvalue weighted by Crippen LogP contribution is 2.51. The molecule has 4 heteroatoms. The standard InChI is InChI=1S/C10H17NO2S/c12-9(13)5-11-2-1-10(7-11)3-8(4-10)6-14/h8,14H,1-7H2,(H,12,13). The average Bonchev–Trinajstić information content (AvgIpc) is 2.44. The van der Waals surface area contributed by atoms with Crippen molar-refractivity contribution in [1.29, 1.82) is 0 Å². The lowest BCUT2D eigenvalue weighted by molar-refractivity contribution is -0.138. The fourth-order valence-corrected chi connectivity index (χ4v) is 3.24. The van der Waals surface area contributed by atoms with Gasteiger partial charge in [-0.2, -0.15) is 12.6 Å². The van der Waals surface area contributed by atoms with Crippen molar-refractivity contribution in [2.45, 2.75) is 19.3 Å². The summed E-state index contributed by atoms with van der Waals surface area (Å²) >= 11 is 4.29. The fourth-order valence-electron chi connectivity index (χ4n) is 2.98. The van der Waals surface area contributed by atoms with Gasteiger partial charge in [-0.05, 0) is 42.9 Å². The van der Waals surface area contributed by atoms with Crippen LogP contribution in [0, 0.1) is 11.3 Å². The molecule has 1 saturated heterocycles. The summed E-state index contributed by atoms with van der Waals surface area (Å²) in [4.78, 5) is 12.6. The lowest BCUT2D eigenvalue weighted by Gasteiger charge is -2.45. The molecular formula is C10H17NO2S. The van der Waals surface area contributed by atoms with Gasteiger partial charge in [0.1, 0.15) is 0 Å². The first-order valence-electron chi connectivity index (χ1n) is 5.19. The first-order chi connectivity index (χ1) is 6.63. The Balaban J connectivity index is 1.81. The predicted molar refractivity (Wildman–Crippen MR) is 57.7 cm³/mol. The maximum Gasteiger partial charge on any atom is 0.317 e. The largest absolute Gasteiger partial charge is 0.480 e. The van der Waals surface area contributed by atoms with E-state index in [0.717, 1.165) is 24.8 Å². The Kier molecular flexibility index (Phi) is 2.75. The van der Waals surface area contributed by atoms with Gasteiger partial charge < -0.3 is 5.11 Å². The van der Waals surface area contributed by atoms with Crippen LogP contribution < -0.4 is 0 Å². The molecule has 0 atom stereocenters. The van der Waals surface area contributed by atoms with Gasteiger partial charge in [-0.15, -0.1) is 0 Å². The van der Waals surface area contributed by atoms with Gasteiger partial charge in [0, 0.05) is 6.54 Å². The van der Waals surface area contributed by atoms with Gasteiger partial charge in [0.2, 0.25) is 0 Å². The number of carbonyl (C=O) groups is 1. The predicted octanol–water partition coefficient (Wildman–Crippen LogP) is 1.10. The van der Waals surface area contributed by atoms with E-state index in [1.807, 2.05) is 0 Å². The maximum absolute atomic E-state index is 10.5. The van der Waals surface area contributed by atoms with E-state index >= 15 is 0 Å². The molecule has 1 aliphatic heterocycles. The van der Waals surface area contributed by atoms with Crippen molar-refractivity contribution in [1.82, 2.24) is 4.90 Å². The van der Waals surface area contributed by atoms with Crippen LogP contribution in [0.2, 0.25) is 0 Å². The molecule has 1 N–H and O–H groups in total. The van der Waals surface area contributed by atoms with Crippen LogP contribution >= 0.6 is 12.6 Å². The molecule has 2 aliphatic rings. The molecule has 1 spiro atoms. The topological polar surface area (TPSA) is 40.5 Å². The van der Waals surface area contributed by atoms with Crippen molar-refractivity contribution >= 4 is 18.6 Å². The maximum atomic E-state index is 10.5. The lowest BCUT2D eigenvalue weighted by Crippen LogP contribution is -2.41. The Bertz CT molecular complexity index is 238. The number of thiol groups is 1. The first-order valence-corrected chi connectivity index (χ1v) is 5.82. The van der Waals surface area contributed by atoms with E-state index in [2.05, 4.69) is 17.5 Å². The highest BCUT2D eigenvalue weighted by atomic mass is 32.1. The average molecular weight is 215 g/mol. The van der Waals surface area contributed by atoms with E-state index in [0.29, 0.717) is 5.41 Å². The van der Waals surface area contributed by atoms with Crippen LogP contribution in [-0.4, -0.2) is 41.4 Å². The van der Waals surface area contributed by atoms with Crippen molar-refractivity contribution in [3.63, 3.8) is 0 Å². The van der Waals surface area contributed by atoms with Crippen LogP contribution in [0.25, 0.3) is 0 Å². The van der Waals surface area contributed by atoms with E-state index in [4.69, 9.17) is 5.11 Å². The van der Waals surface area contributed by atoms with E-state index in [1.54, 1.807) is 0 Å². The van der Waals surface area contributed by atoms with Gasteiger partial charge in [-0.1, -0.05) is 0 Å². The molecule has 80 valence electrons. The molecule has 2 rings (SSSR count). The number of likely N-dealkylation sites (tertiary alicyclic amines) is 1. The minimum atomic E-state index is -0.702. The normalized spacial score (nSPS) is 37.4. The minimum Gasteiger partial charge on any atom is -0.480 e. The Morgan fingerprint density at radius 2 is 2.29 bits per heavy atom. The highest BCUT2D eigenvalue weighted by molar-refractivity contribution is 7.80. The summed E-state index contributed by atoms with van der Waals surface area (Å²) in [5.41, 5.74) is 0.461. The number of hydrogen-bond donors (Lipinski definition) is 2. The second kappa shape index (κ2) is 3.74. The summed E-state index contributed by atoms with van der Waals surface area (Å²) in [5.74, 6) is 1.07. The molecular weight excluding hydrogens is 198 g/mol. The number of rotatable bonds is 3.